The maximum absolute atomic E-state index is 14.2. The van der Waals surface area contributed by atoms with Crippen molar-refractivity contribution in [3.05, 3.63) is 28.3 Å². The lowest BCUT2D eigenvalue weighted by Gasteiger charge is -2.42. The van der Waals surface area contributed by atoms with Gasteiger partial charge in [-0.25, -0.2) is 4.79 Å². The Morgan fingerprint density at radius 3 is 2.51 bits per heavy atom. The number of nitrogens with zero attached hydrogens (tertiary/aromatic N) is 4. The van der Waals surface area contributed by atoms with Crippen molar-refractivity contribution in [2.75, 3.05) is 19.6 Å². The molecule has 4 N–H and O–H groups in total. The van der Waals surface area contributed by atoms with E-state index >= 15 is 0 Å². The molecule has 3 aliphatic rings. The first-order chi connectivity index (χ1) is 19.9. The molecular weight excluding hydrogens is 548 g/mol. The van der Waals surface area contributed by atoms with Gasteiger partial charge in [-0.05, 0) is 49.5 Å². The predicted octanol–water partition coefficient (Wildman–Crippen LogP) is 3.30. The summed E-state index contributed by atoms with van der Waals surface area (Å²) in [7, 11) is 0. The van der Waals surface area contributed by atoms with Gasteiger partial charge in [-0.1, -0.05) is 43.3 Å². The largest absolute Gasteiger partial charge is 0.465 e. The van der Waals surface area contributed by atoms with Crippen LogP contribution < -0.4 is 10.6 Å². The Bertz CT molecular complexity index is 1160. The van der Waals surface area contributed by atoms with Crippen molar-refractivity contribution in [1.82, 2.24) is 30.6 Å². The standard InChI is InChI=1S/C28H40N6O6S/c35-24(29-16-21-7-4-14-41-21)23-17-33(28(38)39)12-13-34(23)26(36)22(15-18-5-2-1-3-6-18)30-20-10-8-19(9-11-20)25-31-32-27(37)40-25/h4,7,14,18-20,22-23,30H,1-3,5-6,8-13,15-17H2,(H,29,35)(H,32,37)(H,38,39)/t19?,20?,22-,23+/m1/s1. The fraction of sp³-hybridized carbons (Fsp3) is 0.679. The Balaban J connectivity index is 1.28. The zero-order valence-electron chi connectivity index (χ0n) is 23.2. The molecule has 12 nitrogen and oxygen atoms in total. The normalized spacial score (nSPS) is 24.6. The Morgan fingerprint density at radius 2 is 1.85 bits per heavy atom. The minimum atomic E-state index is -1.09. The lowest BCUT2D eigenvalue weighted by Crippen LogP contribution is -2.64. The van der Waals surface area contributed by atoms with Crippen LogP contribution in [0.15, 0.2) is 21.9 Å². The fourth-order valence-corrected chi connectivity index (χ4v) is 7.17. The number of nitrogens with one attached hydrogen (secondary N) is 2. The lowest BCUT2D eigenvalue weighted by atomic mass is 9.82. The monoisotopic (exact) mass is 588 g/mol. The number of rotatable bonds is 9. The van der Waals surface area contributed by atoms with Crippen LogP contribution in [-0.4, -0.2) is 85.9 Å². The van der Waals surface area contributed by atoms with Crippen LogP contribution in [-0.2, 0) is 16.1 Å². The molecule has 0 spiro atoms. The summed E-state index contributed by atoms with van der Waals surface area (Å²) in [4.78, 5) is 43.2. The van der Waals surface area contributed by atoms with E-state index in [9.17, 15) is 24.6 Å². The van der Waals surface area contributed by atoms with Crippen molar-refractivity contribution in [2.45, 2.75) is 94.8 Å². The second kappa shape index (κ2) is 13.6. The van der Waals surface area contributed by atoms with Gasteiger partial charge in [0.05, 0.1) is 19.1 Å². The topological polar surface area (TPSA) is 161 Å². The van der Waals surface area contributed by atoms with Crippen molar-refractivity contribution in [3.63, 3.8) is 0 Å². The van der Waals surface area contributed by atoms with Gasteiger partial charge in [0.2, 0.25) is 17.7 Å². The molecule has 2 saturated carbocycles. The lowest BCUT2D eigenvalue weighted by molar-refractivity contribution is -0.145. The van der Waals surface area contributed by atoms with E-state index in [-0.39, 0.29) is 43.4 Å². The molecule has 41 heavy (non-hydrogen) atoms. The summed E-state index contributed by atoms with van der Waals surface area (Å²) in [5.74, 6) is 0.505. The zero-order chi connectivity index (χ0) is 28.8. The molecule has 1 aliphatic heterocycles. The second-order valence-corrected chi connectivity index (χ2v) is 12.5. The fourth-order valence-electron chi connectivity index (χ4n) is 6.53. The number of hydrogen-bond donors (Lipinski definition) is 4. The first-order valence-corrected chi connectivity index (χ1v) is 15.6. The molecule has 0 unspecified atom stereocenters. The minimum absolute atomic E-state index is 0.0460. The van der Waals surface area contributed by atoms with Gasteiger partial charge >= 0.3 is 12.2 Å². The summed E-state index contributed by atoms with van der Waals surface area (Å²) in [5, 5.41) is 35.1. The summed E-state index contributed by atoms with van der Waals surface area (Å²) >= 11 is 1.53. The van der Waals surface area contributed by atoms with Gasteiger partial charge in [-0.15, -0.1) is 16.4 Å². The summed E-state index contributed by atoms with van der Waals surface area (Å²) < 4.78 is 5.23. The second-order valence-electron chi connectivity index (χ2n) is 11.5. The Hall–Kier alpha value is -3.19. The smallest absolute Gasteiger partial charge is 0.412 e. The number of hydrogen-bond acceptors (Lipinski definition) is 9. The number of aromatic hydroxyl groups is 1. The first-order valence-electron chi connectivity index (χ1n) is 14.7. The molecule has 13 heteroatoms. The molecule has 5 rings (SSSR count). The van der Waals surface area contributed by atoms with E-state index in [0.717, 1.165) is 43.4 Å². The van der Waals surface area contributed by atoms with Gasteiger partial charge in [0.25, 0.3) is 0 Å². The molecule has 3 fully saturated rings. The van der Waals surface area contributed by atoms with Crippen molar-refractivity contribution in [1.29, 1.82) is 0 Å². The molecular formula is C28H40N6O6S. The third-order valence-electron chi connectivity index (χ3n) is 8.79. The van der Waals surface area contributed by atoms with Crippen LogP contribution in [0, 0.1) is 5.92 Å². The highest BCUT2D eigenvalue weighted by molar-refractivity contribution is 7.09. The van der Waals surface area contributed by atoms with E-state index in [2.05, 4.69) is 20.8 Å². The van der Waals surface area contributed by atoms with E-state index in [0.29, 0.717) is 24.8 Å². The maximum atomic E-state index is 14.2. The van der Waals surface area contributed by atoms with Gasteiger partial charge in [0.15, 0.2) is 0 Å². The summed E-state index contributed by atoms with van der Waals surface area (Å²) in [6.45, 7) is 0.648. The number of carbonyl (C=O) groups excluding carboxylic acids is 2. The Labute approximate surface area is 243 Å². The SMILES string of the molecule is O=C(NCc1cccs1)[C@@H]1CN(C(=O)O)CCN1C(=O)[C@@H](CC1CCCCC1)NC1CCC(c2nnc(O)o2)CC1. The van der Waals surface area contributed by atoms with E-state index in [1.54, 1.807) is 4.90 Å². The van der Waals surface area contributed by atoms with Gasteiger partial charge in [0.1, 0.15) is 6.04 Å². The Kier molecular flexibility index (Phi) is 9.76. The van der Waals surface area contributed by atoms with Crippen molar-refractivity contribution < 1.29 is 29.0 Å². The van der Waals surface area contributed by atoms with E-state index in [1.807, 2.05) is 17.5 Å². The van der Waals surface area contributed by atoms with Crippen molar-refractivity contribution in [2.24, 2.45) is 5.92 Å². The quantitative estimate of drug-likeness (QED) is 0.344. The van der Waals surface area contributed by atoms with E-state index in [4.69, 9.17) is 4.42 Å². The molecule has 0 bridgehead atoms. The molecule has 3 heterocycles. The summed E-state index contributed by atoms with van der Waals surface area (Å²) in [6, 6.07) is 2.63. The average Bonchev–Trinajstić information content (AvgIpc) is 3.68. The highest BCUT2D eigenvalue weighted by Gasteiger charge is 2.41. The van der Waals surface area contributed by atoms with E-state index in [1.165, 1.54) is 35.5 Å². The van der Waals surface area contributed by atoms with Crippen molar-refractivity contribution in [3.8, 4) is 6.08 Å². The molecule has 2 aromatic rings. The van der Waals surface area contributed by atoms with Crippen LogP contribution in [0.4, 0.5) is 4.79 Å². The number of carboxylic acid groups (broad SMARTS) is 1. The number of carbonyl (C=O) groups is 3. The maximum Gasteiger partial charge on any atom is 0.412 e. The van der Waals surface area contributed by atoms with Gasteiger partial charge < -0.3 is 35.1 Å². The molecule has 1 saturated heterocycles. The molecule has 0 radical (unpaired) electrons. The molecule has 2 aliphatic carbocycles. The molecule has 2 atom stereocenters. The summed E-state index contributed by atoms with van der Waals surface area (Å²) in [6.07, 6.45) is 8.18. The van der Waals surface area contributed by atoms with Gasteiger partial charge in [0, 0.05) is 29.9 Å². The number of aromatic nitrogens is 2. The third-order valence-corrected chi connectivity index (χ3v) is 9.67. The third kappa shape index (κ3) is 7.56. The number of amides is 3. The van der Waals surface area contributed by atoms with Crippen LogP contribution in [0.2, 0.25) is 0 Å². The zero-order valence-corrected chi connectivity index (χ0v) is 24.1. The first kappa shape index (κ1) is 29.3. The highest BCUT2D eigenvalue weighted by Crippen LogP contribution is 2.34. The number of piperazine rings is 1. The van der Waals surface area contributed by atoms with Crippen molar-refractivity contribution >= 4 is 29.2 Å². The van der Waals surface area contributed by atoms with Crippen LogP contribution in [0.3, 0.4) is 0 Å². The predicted molar refractivity (Wildman–Crippen MR) is 150 cm³/mol. The molecule has 2 aromatic heterocycles. The van der Waals surface area contributed by atoms with Crippen LogP contribution in [0.5, 0.6) is 6.08 Å². The number of thiophene rings is 1. The van der Waals surface area contributed by atoms with Crippen LogP contribution in [0.1, 0.15) is 80.9 Å². The van der Waals surface area contributed by atoms with Crippen LogP contribution in [0.25, 0.3) is 0 Å². The van der Waals surface area contributed by atoms with Gasteiger partial charge in [-0.3, -0.25) is 9.59 Å². The average molecular weight is 589 g/mol. The van der Waals surface area contributed by atoms with Gasteiger partial charge in [-0.2, -0.15) is 0 Å². The molecule has 3 amide bonds. The molecule has 0 aromatic carbocycles. The van der Waals surface area contributed by atoms with E-state index < -0.39 is 24.3 Å². The Morgan fingerprint density at radius 1 is 1.07 bits per heavy atom. The summed E-state index contributed by atoms with van der Waals surface area (Å²) in [5.41, 5.74) is 0. The molecule has 224 valence electrons. The van der Waals surface area contributed by atoms with Crippen LogP contribution >= 0.6 is 11.3 Å². The minimum Gasteiger partial charge on any atom is -0.465 e. The highest BCUT2D eigenvalue weighted by atomic mass is 32.1.